The largest absolute Gasteiger partial charge is 0.309 e. The van der Waals surface area contributed by atoms with Gasteiger partial charge in [0.1, 0.15) is 0 Å². The van der Waals surface area contributed by atoms with E-state index >= 15 is 0 Å². The Morgan fingerprint density at radius 3 is 2.75 bits per heavy atom. The van der Waals surface area contributed by atoms with Crippen molar-refractivity contribution in [1.29, 1.82) is 0 Å². The molecule has 0 N–H and O–H groups in total. The van der Waals surface area contributed by atoms with Crippen LogP contribution in [0.2, 0.25) is 0 Å². The van der Waals surface area contributed by atoms with E-state index in [9.17, 15) is 4.79 Å². The van der Waals surface area contributed by atoms with E-state index in [1.54, 1.807) is 11.3 Å². The maximum Gasteiger partial charge on any atom is 0.241 e. The number of likely N-dealkylation sites (N-methyl/N-ethyl adjacent to an activating group) is 1. The SMILES string of the molecule is CC(C)N1CCC2(CN(c3ccsc3)C(=O)CN2C)C1. The van der Waals surface area contributed by atoms with Gasteiger partial charge >= 0.3 is 0 Å². The van der Waals surface area contributed by atoms with E-state index in [4.69, 9.17) is 0 Å². The highest BCUT2D eigenvalue weighted by molar-refractivity contribution is 7.08. The summed E-state index contributed by atoms with van der Waals surface area (Å²) in [6, 6.07) is 2.63. The highest BCUT2D eigenvalue weighted by Crippen LogP contribution is 2.34. The Morgan fingerprint density at radius 1 is 1.35 bits per heavy atom. The highest BCUT2D eigenvalue weighted by atomic mass is 32.1. The van der Waals surface area contributed by atoms with Crippen LogP contribution < -0.4 is 4.90 Å². The third-order valence-electron chi connectivity index (χ3n) is 4.85. The number of carbonyl (C=O) groups excluding carboxylic acids is 1. The van der Waals surface area contributed by atoms with Gasteiger partial charge in [-0.25, -0.2) is 0 Å². The summed E-state index contributed by atoms with van der Waals surface area (Å²) in [7, 11) is 2.10. The quantitative estimate of drug-likeness (QED) is 0.833. The van der Waals surface area contributed by atoms with Crippen LogP contribution in [-0.4, -0.2) is 60.5 Å². The van der Waals surface area contributed by atoms with Crippen molar-refractivity contribution >= 4 is 22.9 Å². The second-order valence-electron chi connectivity index (χ2n) is 6.36. The second-order valence-corrected chi connectivity index (χ2v) is 7.14. The summed E-state index contributed by atoms with van der Waals surface area (Å²) in [4.78, 5) is 19.1. The Bertz CT molecular complexity index is 487. The molecule has 0 aromatic carbocycles. The normalized spacial score (nSPS) is 29.0. The molecule has 2 aliphatic rings. The Morgan fingerprint density at radius 2 is 2.15 bits per heavy atom. The van der Waals surface area contributed by atoms with Crippen LogP contribution in [-0.2, 0) is 4.79 Å². The highest BCUT2D eigenvalue weighted by Gasteiger charge is 2.47. The van der Waals surface area contributed by atoms with Gasteiger partial charge in [-0.2, -0.15) is 11.3 Å². The number of amides is 1. The number of nitrogens with zero attached hydrogens (tertiary/aromatic N) is 3. The number of carbonyl (C=O) groups is 1. The van der Waals surface area contributed by atoms with Gasteiger partial charge in [-0.15, -0.1) is 0 Å². The van der Waals surface area contributed by atoms with Crippen molar-refractivity contribution in [3.8, 4) is 0 Å². The molecule has 1 spiro atoms. The van der Waals surface area contributed by atoms with Crippen LogP contribution in [0.3, 0.4) is 0 Å². The van der Waals surface area contributed by atoms with E-state index in [-0.39, 0.29) is 11.4 Å². The number of rotatable bonds is 2. The van der Waals surface area contributed by atoms with Gasteiger partial charge in [0.05, 0.1) is 17.8 Å². The molecule has 2 saturated heterocycles. The minimum atomic E-state index is 0.125. The molecule has 1 aromatic rings. The summed E-state index contributed by atoms with van der Waals surface area (Å²) >= 11 is 1.65. The Kier molecular flexibility index (Phi) is 3.60. The summed E-state index contributed by atoms with van der Waals surface area (Å²) < 4.78 is 0. The van der Waals surface area contributed by atoms with Gasteiger partial charge in [0.15, 0.2) is 0 Å². The lowest BCUT2D eigenvalue weighted by molar-refractivity contribution is -0.123. The fourth-order valence-corrected chi connectivity index (χ4v) is 4.02. The van der Waals surface area contributed by atoms with Gasteiger partial charge in [0, 0.05) is 31.1 Å². The second kappa shape index (κ2) is 5.13. The van der Waals surface area contributed by atoms with Crippen molar-refractivity contribution in [1.82, 2.24) is 9.80 Å². The van der Waals surface area contributed by atoms with Gasteiger partial charge in [-0.05, 0) is 38.8 Å². The zero-order valence-corrected chi connectivity index (χ0v) is 13.3. The third kappa shape index (κ3) is 2.28. The molecule has 5 heteroatoms. The van der Waals surface area contributed by atoms with Crippen molar-refractivity contribution in [3.05, 3.63) is 16.8 Å². The molecule has 0 bridgehead atoms. The predicted molar refractivity (Wildman–Crippen MR) is 83.4 cm³/mol. The standard InChI is InChI=1S/C15H23N3OS/c1-12(2)17-6-5-15(10-17)11-18(13-4-7-20-9-13)14(19)8-16(15)3/h4,7,9,12H,5-6,8,10-11H2,1-3H3. The lowest BCUT2D eigenvalue weighted by Gasteiger charge is -2.47. The molecule has 1 unspecified atom stereocenters. The maximum absolute atomic E-state index is 12.3. The molecule has 3 rings (SSSR count). The van der Waals surface area contributed by atoms with Crippen LogP contribution in [0.15, 0.2) is 16.8 Å². The molecule has 1 atom stereocenters. The molecule has 2 aliphatic heterocycles. The smallest absolute Gasteiger partial charge is 0.241 e. The molecule has 4 nitrogen and oxygen atoms in total. The number of thiophene rings is 1. The first-order chi connectivity index (χ1) is 9.52. The summed E-state index contributed by atoms with van der Waals surface area (Å²) in [5.41, 5.74) is 1.19. The fourth-order valence-electron chi connectivity index (χ4n) is 3.37. The number of hydrogen-bond donors (Lipinski definition) is 0. The van der Waals surface area contributed by atoms with Crippen LogP contribution in [0.5, 0.6) is 0 Å². The molecule has 0 radical (unpaired) electrons. The van der Waals surface area contributed by atoms with Crippen LogP contribution in [0.4, 0.5) is 5.69 Å². The van der Waals surface area contributed by atoms with Gasteiger partial charge in [-0.3, -0.25) is 14.6 Å². The molecule has 110 valence electrons. The minimum Gasteiger partial charge on any atom is -0.309 e. The van der Waals surface area contributed by atoms with Crippen molar-refractivity contribution in [2.75, 3.05) is 38.1 Å². The third-order valence-corrected chi connectivity index (χ3v) is 5.52. The van der Waals surface area contributed by atoms with Crippen LogP contribution in [0, 0.1) is 0 Å². The molecule has 0 aliphatic carbocycles. The average Bonchev–Trinajstić information content (AvgIpc) is 3.05. The van der Waals surface area contributed by atoms with Crippen molar-refractivity contribution in [2.24, 2.45) is 0 Å². The van der Waals surface area contributed by atoms with Crippen LogP contribution in [0.25, 0.3) is 0 Å². The van der Waals surface area contributed by atoms with E-state index in [1.807, 2.05) is 10.3 Å². The van der Waals surface area contributed by atoms with Gasteiger partial charge in [0.2, 0.25) is 5.91 Å². The van der Waals surface area contributed by atoms with Gasteiger partial charge < -0.3 is 4.90 Å². The molecule has 1 aromatic heterocycles. The number of hydrogen-bond acceptors (Lipinski definition) is 4. The van der Waals surface area contributed by atoms with Crippen molar-refractivity contribution in [2.45, 2.75) is 31.8 Å². The summed E-state index contributed by atoms with van der Waals surface area (Å²) in [5.74, 6) is 0.222. The summed E-state index contributed by atoms with van der Waals surface area (Å²) in [6.07, 6.45) is 1.15. The zero-order valence-electron chi connectivity index (χ0n) is 12.5. The van der Waals surface area contributed by atoms with Gasteiger partial charge in [0.25, 0.3) is 0 Å². The molecular formula is C15H23N3OS. The molecule has 20 heavy (non-hydrogen) atoms. The first kappa shape index (κ1) is 14.0. The number of piperazine rings is 1. The maximum atomic E-state index is 12.3. The van der Waals surface area contributed by atoms with Crippen molar-refractivity contribution < 1.29 is 4.79 Å². The summed E-state index contributed by atoms with van der Waals surface area (Å²) in [6.45, 7) is 8.06. The van der Waals surface area contributed by atoms with E-state index in [1.165, 1.54) is 0 Å². The molecule has 0 saturated carbocycles. The van der Waals surface area contributed by atoms with E-state index in [0.29, 0.717) is 12.6 Å². The summed E-state index contributed by atoms with van der Waals surface area (Å²) in [5, 5.41) is 4.12. The molecular weight excluding hydrogens is 270 g/mol. The molecule has 3 heterocycles. The fraction of sp³-hybridized carbons (Fsp3) is 0.667. The molecule has 1 amide bonds. The van der Waals surface area contributed by atoms with Crippen LogP contribution >= 0.6 is 11.3 Å². The monoisotopic (exact) mass is 293 g/mol. The van der Waals surface area contributed by atoms with Crippen molar-refractivity contribution in [3.63, 3.8) is 0 Å². The van der Waals surface area contributed by atoms with E-state index in [2.05, 4.69) is 42.1 Å². The lowest BCUT2D eigenvalue weighted by Crippen LogP contribution is -2.64. The first-order valence-corrected chi connectivity index (χ1v) is 8.24. The topological polar surface area (TPSA) is 26.8 Å². The van der Waals surface area contributed by atoms with Crippen LogP contribution in [0.1, 0.15) is 20.3 Å². The average molecular weight is 293 g/mol. The number of anilines is 1. The number of likely N-dealkylation sites (tertiary alicyclic amines) is 1. The van der Waals surface area contributed by atoms with E-state index < -0.39 is 0 Å². The minimum absolute atomic E-state index is 0.125. The zero-order chi connectivity index (χ0) is 14.3. The van der Waals surface area contributed by atoms with Gasteiger partial charge in [-0.1, -0.05) is 0 Å². The molecule has 2 fully saturated rings. The lowest BCUT2D eigenvalue weighted by atomic mass is 9.92. The predicted octanol–water partition coefficient (Wildman–Crippen LogP) is 1.88. The first-order valence-electron chi connectivity index (χ1n) is 7.30. The Hall–Kier alpha value is -0.910. The van der Waals surface area contributed by atoms with E-state index in [0.717, 1.165) is 31.7 Å². The Balaban J connectivity index is 1.83. The Labute approximate surface area is 125 Å².